The summed E-state index contributed by atoms with van der Waals surface area (Å²) in [6.07, 6.45) is 2.96. The van der Waals surface area contributed by atoms with Gasteiger partial charge < -0.3 is 5.32 Å². The number of hydrogen-bond donors (Lipinski definition) is 1. The smallest absolute Gasteiger partial charge is 0.0745 e. The first kappa shape index (κ1) is 13.3. The summed E-state index contributed by atoms with van der Waals surface area (Å²) < 4.78 is 3.17. The first-order valence-corrected chi connectivity index (χ1v) is 7.00. The molecule has 1 heterocycles. The lowest BCUT2D eigenvalue weighted by molar-refractivity contribution is 0.534. The molecule has 2 rings (SSSR count). The number of halogens is 1. The molecule has 0 aliphatic carbocycles. The van der Waals surface area contributed by atoms with E-state index in [9.17, 15) is 0 Å². The van der Waals surface area contributed by atoms with Gasteiger partial charge in [-0.3, -0.25) is 4.68 Å². The van der Waals surface area contributed by atoms with E-state index in [4.69, 9.17) is 0 Å². The van der Waals surface area contributed by atoms with E-state index in [-0.39, 0.29) is 6.04 Å². The summed E-state index contributed by atoms with van der Waals surface area (Å²) in [7, 11) is 1.98. The highest BCUT2D eigenvalue weighted by Gasteiger charge is 2.15. The average Bonchev–Trinajstić information content (AvgIpc) is 2.82. The molecule has 3 nitrogen and oxygen atoms in total. The third-order valence-corrected chi connectivity index (χ3v) is 3.50. The number of hydrogen-bond acceptors (Lipinski definition) is 2. The maximum atomic E-state index is 4.39. The highest BCUT2D eigenvalue weighted by atomic mass is 79.9. The Morgan fingerprint density at radius 3 is 2.61 bits per heavy atom. The molecule has 18 heavy (non-hydrogen) atoms. The van der Waals surface area contributed by atoms with E-state index in [1.165, 1.54) is 11.3 Å². The van der Waals surface area contributed by atoms with Crippen molar-refractivity contribution in [3.05, 3.63) is 52.3 Å². The van der Waals surface area contributed by atoms with Gasteiger partial charge in [0.05, 0.1) is 11.7 Å². The normalized spacial score (nSPS) is 12.6. The molecule has 0 aliphatic heterocycles. The van der Waals surface area contributed by atoms with E-state index in [1.54, 1.807) is 0 Å². The lowest BCUT2D eigenvalue weighted by Gasteiger charge is -2.18. The van der Waals surface area contributed by atoms with Gasteiger partial charge in [-0.05, 0) is 37.2 Å². The molecule has 1 aromatic heterocycles. The Kier molecular flexibility index (Phi) is 4.55. The summed E-state index contributed by atoms with van der Waals surface area (Å²) in [6.45, 7) is 3.12. The maximum Gasteiger partial charge on any atom is 0.0745 e. The van der Waals surface area contributed by atoms with Crippen LogP contribution in [0.3, 0.4) is 0 Å². The van der Waals surface area contributed by atoms with Gasteiger partial charge in [-0.2, -0.15) is 5.10 Å². The predicted molar refractivity (Wildman–Crippen MR) is 77.6 cm³/mol. The van der Waals surface area contributed by atoms with Gasteiger partial charge in [0.15, 0.2) is 0 Å². The second-order valence-electron chi connectivity index (χ2n) is 4.25. The van der Waals surface area contributed by atoms with E-state index in [2.05, 4.69) is 68.3 Å². The zero-order chi connectivity index (χ0) is 13.0. The number of rotatable bonds is 5. The standard InChI is InChI=1S/C14H18BrN3/c1-3-10-18-13(8-9-17-18)14(16-2)11-4-6-12(15)7-5-11/h4-9,14,16H,3,10H2,1-2H3. The summed E-state index contributed by atoms with van der Waals surface area (Å²) >= 11 is 3.47. The summed E-state index contributed by atoms with van der Waals surface area (Å²) in [4.78, 5) is 0. The molecule has 1 unspecified atom stereocenters. The zero-order valence-electron chi connectivity index (χ0n) is 10.7. The number of aromatic nitrogens is 2. The van der Waals surface area contributed by atoms with E-state index < -0.39 is 0 Å². The first-order valence-electron chi connectivity index (χ1n) is 6.20. The van der Waals surface area contributed by atoms with Gasteiger partial charge in [-0.1, -0.05) is 35.0 Å². The average molecular weight is 308 g/mol. The highest BCUT2D eigenvalue weighted by Crippen LogP contribution is 2.23. The Morgan fingerprint density at radius 2 is 2.00 bits per heavy atom. The van der Waals surface area contributed by atoms with Crippen LogP contribution in [0.25, 0.3) is 0 Å². The van der Waals surface area contributed by atoms with Crippen LogP contribution < -0.4 is 5.32 Å². The van der Waals surface area contributed by atoms with Gasteiger partial charge >= 0.3 is 0 Å². The number of nitrogens with zero attached hydrogens (tertiary/aromatic N) is 2. The lowest BCUT2D eigenvalue weighted by atomic mass is 10.0. The van der Waals surface area contributed by atoms with Crippen LogP contribution in [-0.4, -0.2) is 16.8 Å². The summed E-state index contributed by atoms with van der Waals surface area (Å²) in [5.74, 6) is 0. The summed E-state index contributed by atoms with van der Waals surface area (Å²) in [5, 5.41) is 7.75. The maximum absolute atomic E-state index is 4.39. The molecule has 0 bridgehead atoms. The lowest BCUT2D eigenvalue weighted by Crippen LogP contribution is -2.21. The third kappa shape index (κ3) is 2.82. The third-order valence-electron chi connectivity index (χ3n) is 2.97. The van der Waals surface area contributed by atoms with E-state index in [0.717, 1.165) is 17.4 Å². The van der Waals surface area contributed by atoms with Crippen molar-refractivity contribution in [1.29, 1.82) is 0 Å². The van der Waals surface area contributed by atoms with Crippen molar-refractivity contribution >= 4 is 15.9 Å². The molecule has 4 heteroatoms. The minimum absolute atomic E-state index is 0.187. The van der Waals surface area contributed by atoms with Crippen molar-refractivity contribution in [2.75, 3.05) is 7.05 Å². The van der Waals surface area contributed by atoms with Crippen LogP contribution in [0, 0.1) is 0 Å². The molecule has 1 N–H and O–H groups in total. The van der Waals surface area contributed by atoms with Crippen LogP contribution in [0.1, 0.15) is 30.6 Å². The van der Waals surface area contributed by atoms with Crippen molar-refractivity contribution < 1.29 is 0 Å². The molecule has 2 aromatic rings. The van der Waals surface area contributed by atoms with Crippen molar-refractivity contribution in [1.82, 2.24) is 15.1 Å². The van der Waals surface area contributed by atoms with Crippen molar-refractivity contribution in [3.63, 3.8) is 0 Å². The Hall–Kier alpha value is -1.13. The second-order valence-corrected chi connectivity index (χ2v) is 5.17. The van der Waals surface area contributed by atoms with Gasteiger partial charge in [-0.25, -0.2) is 0 Å². The van der Waals surface area contributed by atoms with Crippen molar-refractivity contribution in [2.45, 2.75) is 25.9 Å². The fourth-order valence-electron chi connectivity index (χ4n) is 2.13. The second kappa shape index (κ2) is 6.16. The van der Waals surface area contributed by atoms with E-state index in [0.29, 0.717) is 0 Å². The van der Waals surface area contributed by atoms with Crippen LogP contribution in [0.15, 0.2) is 41.0 Å². The molecule has 1 aromatic carbocycles. The number of benzene rings is 1. The molecule has 0 aliphatic rings. The molecule has 0 radical (unpaired) electrons. The Balaban J connectivity index is 2.32. The first-order chi connectivity index (χ1) is 8.76. The molecule has 96 valence electrons. The zero-order valence-corrected chi connectivity index (χ0v) is 12.3. The van der Waals surface area contributed by atoms with Gasteiger partial charge in [0.1, 0.15) is 0 Å². The monoisotopic (exact) mass is 307 g/mol. The minimum atomic E-state index is 0.187. The minimum Gasteiger partial charge on any atom is -0.308 e. The Labute approximate surface area is 116 Å². The molecular formula is C14H18BrN3. The topological polar surface area (TPSA) is 29.9 Å². The van der Waals surface area contributed by atoms with Crippen LogP contribution in [0.5, 0.6) is 0 Å². The number of aryl methyl sites for hydroxylation is 1. The van der Waals surface area contributed by atoms with Gasteiger partial charge in [0.2, 0.25) is 0 Å². The van der Waals surface area contributed by atoms with Gasteiger partial charge in [-0.15, -0.1) is 0 Å². The van der Waals surface area contributed by atoms with Crippen LogP contribution in [-0.2, 0) is 6.54 Å². The molecule has 0 amide bonds. The summed E-state index contributed by atoms with van der Waals surface area (Å²) in [5.41, 5.74) is 2.46. The quantitative estimate of drug-likeness (QED) is 0.918. The highest BCUT2D eigenvalue weighted by molar-refractivity contribution is 9.10. The molecular weight excluding hydrogens is 290 g/mol. The van der Waals surface area contributed by atoms with Crippen molar-refractivity contribution in [3.8, 4) is 0 Å². The molecule has 0 saturated heterocycles. The van der Waals surface area contributed by atoms with Crippen LogP contribution in [0.4, 0.5) is 0 Å². The molecule has 0 spiro atoms. The van der Waals surface area contributed by atoms with Crippen LogP contribution in [0.2, 0.25) is 0 Å². The van der Waals surface area contributed by atoms with E-state index >= 15 is 0 Å². The van der Waals surface area contributed by atoms with Gasteiger partial charge in [0.25, 0.3) is 0 Å². The predicted octanol–water partition coefficient (Wildman–Crippen LogP) is 3.36. The SMILES string of the molecule is CCCn1nccc1C(NC)c1ccc(Br)cc1. The Bertz CT molecular complexity index is 490. The van der Waals surface area contributed by atoms with Crippen molar-refractivity contribution in [2.24, 2.45) is 0 Å². The Morgan fingerprint density at radius 1 is 1.28 bits per heavy atom. The fourth-order valence-corrected chi connectivity index (χ4v) is 2.39. The van der Waals surface area contributed by atoms with Crippen LogP contribution >= 0.6 is 15.9 Å². The number of nitrogens with one attached hydrogen (secondary N) is 1. The fraction of sp³-hybridized carbons (Fsp3) is 0.357. The largest absolute Gasteiger partial charge is 0.308 e. The van der Waals surface area contributed by atoms with Gasteiger partial charge in [0, 0.05) is 17.2 Å². The molecule has 0 saturated carbocycles. The molecule has 1 atom stereocenters. The summed E-state index contributed by atoms with van der Waals surface area (Å²) in [6, 6.07) is 10.7. The van der Waals surface area contributed by atoms with E-state index in [1.807, 2.05) is 13.2 Å². The molecule has 0 fully saturated rings.